The van der Waals surface area contributed by atoms with E-state index in [9.17, 15) is 4.79 Å². The minimum atomic E-state index is -0.982. The lowest BCUT2D eigenvalue weighted by molar-refractivity contribution is 0.0697. The first-order valence-electron chi connectivity index (χ1n) is 9.86. The molecule has 0 radical (unpaired) electrons. The summed E-state index contributed by atoms with van der Waals surface area (Å²) < 4.78 is 10.9. The van der Waals surface area contributed by atoms with Gasteiger partial charge >= 0.3 is 5.97 Å². The topological polar surface area (TPSA) is 130 Å². The first-order valence-corrected chi connectivity index (χ1v) is 9.86. The molecule has 0 spiro atoms. The first-order chi connectivity index (χ1) is 15.3. The average Bonchev–Trinajstić information content (AvgIpc) is 2.79. The maximum absolute atomic E-state index is 11.1. The Kier molecular flexibility index (Phi) is 6.84. The fraction of sp³-hybridized carbons (Fsp3) is 0.167. The molecular weight excluding hydrogens is 408 g/mol. The summed E-state index contributed by atoms with van der Waals surface area (Å²) in [5.74, 6) is 0.414. The van der Waals surface area contributed by atoms with Gasteiger partial charge in [0.1, 0.15) is 17.3 Å². The van der Waals surface area contributed by atoms with Gasteiger partial charge in [-0.25, -0.2) is 4.79 Å². The van der Waals surface area contributed by atoms with E-state index >= 15 is 0 Å². The number of carbonyl (C=O) groups is 1. The average molecular weight is 434 g/mol. The third-order valence-corrected chi connectivity index (χ3v) is 5.07. The second-order valence-electron chi connectivity index (χ2n) is 7.15. The summed E-state index contributed by atoms with van der Waals surface area (Å²) >= 11 is 0. The van der Waals surface area contributed by atoms with Crippen LogP contribution in [0.3, 0.4) is 0 Å². The van der Waals surface area contributed by atoms with E-state index in [4.69, 9.17) is 25.7 Å². The number of aromatic carboxylic acids is 1. The molecule has 0 aliphatic heterocycles. The zero-order valence-corrected chi connectivity index (χ0v) is 18.2. The smallest absolute Gasteiger partial charge is 0.335 e. The summed E-state index contributed by atoms with van der Waals surface area (Å²) in [7, 11) is 3.23. The standard InChI is InChI=1S/C24H26N4O4/c1-14-21(31-2)11-19(12-22(14)32-3)27-13-17-5-4-16(23(25)26)10-20(17)28-18-8-6-15(7-9-18)24(29)30/h4-12,27-28H,13H2,1-3H3,(H3,25,26)(H,29,30). The molecule has 0 aromatic heterocycles. The molecule has 8 nitrogen and oxygen atoms in total. The highest BCUT2D eigenvalue weighted by molar-refractivity contribution is 5.96. The Bertz CT molecular complexity index is 1120. The highest BCUT2D eigenvalue weighted by Gasteiger charge is 2.11. The van der Waals surface area contributed by atoms with Crippen LogP contribution in [0.25, 0.3) is 0 Å². The maximum Gasteiger partial charge on any atom is 0.335 e. The molecule has 6 N–H and O–H groups in total. The van der Waals surface area contributed by atoms with E-state index in [1.54, 1.807) is 38.5 Å². The Morgan fingerprint density at radius 3 is 2.09 bits per heavy atom. The van der Waals surface area contributed by atoms with E-state index < -0.39 is 5.97 Å². The zero-order chi connectivity index (χ0) is 23.3. The van der Waals surface area contributed by atoms with Gasteiger partial charge in [0.05, 0.1) is 19.8 Å². The second kappa shape index (κ2) is 9.74. The number of ether oxygens (including phenoxy) is 2. The van der Waals surface area contributed by atoms with E-state index in [1.165, 1.54) is 12.1 Å². The fourth-order valence-corrected chi connectivity index (χ4v) is 3.25. The van der Waals surface area contributed by atoms with Crippen LogP contribution >= 0.6 is 0 Å². The van der Waals surface area contributed by atoms with E-state index in [2.05, 4.69) is 10.6 Å². The lowest BCUT2D eigenvalue weighted by atomic mass is 10.1. The van der Waals surface area contributed by atoms with Crippen molar-refractivity contribution in [2.45, 2.75) is 13.5 Å². The van der Waals surface area contributed by atoms with Gasteiger partial charge in [-0.3, -0.25) is 5.41 Å². The van der Waals surface area contributed by atoms with E-state index in [0.29, 0.717) is 12.1 Å². The summed E-state index contributed by atoms with van der Waals surface area (Å²) in [5, 5.41) is 23.5. The van der Waals surface area contributed by atoms with Gasteiger partial charge in [-0.1, -0.05) is 12.1 Å². The molecule has 0 amide bonds. The molecule has 3 rings (SSSR count). The summed E-state index contributed by atoms with van der Waals surface area (Å²) in [5.41, 5.74) is 10.6. The normalized spacial score (nSPS) is 10.3. The SMILES string of the molecule is COc1cc(NCc2ccc(C(=N)N)cc2Nc2ccc(C(=O)O)cc2)cc(OC)c1C. The Morgan fingerprint density at radius 2 is 1.56 bits per heavy atom. The van der Waals surface area contributed by atoms with Crippen molar-refractivity contribution in [1.82, 2.24) is 0 Å². The van der Waals surface area contributed by atoms with Crippen LogP contribution in [0, 0.1) is 12.3 Å². The van der Waals surface area contributed by atoms with Crippen molar-refractivity contribution in [1.29, 1.82) is 5.41 Å². The van der Waals surface area contributed by atoms with Crippen LogP contribution in [0.1, 0.15) is 27.0 Å². The molecule has 0 aliphatic rings. The van der Waals surface area contributed by atoms with Gasteiger partial charge < -0.3 is 30.9 Å². The van der Waals surface area contributed by atoms with Crippen LogP contribution in [-0.2, 0) is 6.54 Å². The second-order valence-corrected chi connectivity index (χ2v) is 7.15. The molecule has 0 saturated heterocycles. The van der Waals surface area contributed by atoms with Crippen LogP contribution in [0.2, 0.25) is 0 Å². The molecular formula is C24H26N4O4. The molecule has 166 valence electrons. The minimum Gasteiger partial charge on any atom is -0.496 e. The van der Waals surface area contributed by atoms with Crippen LogP contribution < -0.4 is 25.8 Å². The summed E-state index contributed by atoms with van der Waals surface area (Å²) in [6.45, 7) is 2.41. The number of carboxylic acid groups (broad SMARTS) is 1. The molecule has 3 aromatic carbocycles. The summed E-state index contributed by atoms with van der Waals surface area (Å²) in [6, 6.07) is 15.7. The van der Waals surface area contributed by atoms with Crippen molar-refractivity contribution >= 4 is 28.9 Å². The van der Waals surface area contributed by atoms with Crippen molar-refractivity contribution < 1.29 is 19.4 Å². The maximum atomic E-state index is 11.1. The lowest BCUT2D eigenvalue weighted by Gasteiger charge is -2.17. The predicted octanol–water partition coefficient (Wildman–Crippen LogP) is 4.35. The number of nitrogen functional groups attached to an aromatic ring is 1. The number of benzene rings is 3. The largest absolute Gasteiger partial charge is 0.496 e. The number of nitrogens with two attached hydrogens (primary N) is 1. The quantitative estimate of drug-likeness (QED) is 0.250. The molecule has 0 saturated carbocycles. The van der Waals surface area contributed by atoms with Crippen LogP contribution in [0.5, 0.6) is 11.5 Å². The summed E-state index contributed by atoms with van der Waals surface area (Å²) in [4.78, 5) is 11.1. The van der Waals surface area contributed by atoms with Gasteiger partial charge in [0.2, 0.25) is 0 Å². The molecule has 8 heteroatoms. The highest BCUT2D eigenvalue weighted by Crippen LogP contribution is 2.32. The first kappa shape index (κ1) is 22.5. The molecule has 0 heterocycles. The minimum absolute atomic E-state index is 0.0400. The number of methoxy groups -OCH3 is 2. The predicted molar refractivity (Wildman–Crippen MR) is 126 cm³/mol. The Labute approximate surface area is 186 Å². The van der Waals surface area contributed by atoms with Crippen molar-refractivity contribution in [3.63, 3.8) is 0 Å². The number of nitrogens with one attached hydrogen (secondary N) is 3. The number of amidine groups is 1. The number of rotatable bonds is 9. The monoisotopic (exact) mass is 434 g/mol. The van der Waals surface area contributed by atoms with Crippen molar-refractivity contribution in [2.75, 3.05) is 24.9 Å². The molecule has 0 atom stereocenters. The van der Waals surface area contributed by atoms with Gasteiger partial charge in [0, 0.05) is 46.9 Å². The number of hydrogen-bond donors (Lipinski definition) is 5. The molecule has 0 aliphatic carbocycles. The Hall–Kier alpha value is -4.20. The van der Waals surface area contributed by atoms with Gasteiger partial charge in [-0.2, -0.15) is 0 Å². The summed E-state index contributed by atoms with van der Waals surface area (Å²) in [6.07, 6.45) is 0. The van der Waals surface area contributed by atoms with Crippen molar-refractivity contribution in [3.05, 3.63) is 76.9 Å². The Morgan fingerprint density at radius 1 is 0.969 bits per heavy atom. The molecule has 0 unspecified atom stereocenters. The number of carboxylic acids is 1. The van der Waals surface area contributed by atoms with Crippen LogP contribution in [0.4, 0.5) is 17.1 Å². The molecule has 32 heavy (non-hydrogen) atoms. The van der Waals surface area contributed by atoms with E-state index in [0.717, 1.165) is 39.7 Å². The van der Waals surface area contributed by atoms with Crippen LogP contribution in [0.15, 0.2) is 54.6 Å². The fourth-order valence-electron chi connectivity index (χ4n) is 3.25. The van der Waals surface area contributed by atoms with Crippen molar-refractivity contribution in [2.24, 2.45) is 5.73 Å². The Balaban J connectivity index is 1.88. The molecule has 0 bridgehead atoms. The van der Waals surface area contributed by atoms with Gasteiger partial charge in [-0.15, -0.1) is 0 Å². The third-order valence-electron chi connectivity index (χ3n) is 5.07. The van der Waals surface area contributed by atoms with E-state index in [1.807, 2.05) is 25.1 Å². The van der Waals surface area contributed by atoms with Crippen LogP contribution in [-0.4, -0.2) is 31.1 Å². The number of hydrogen-bond acceptors (Lipinski definition) is 6. The molecule has 3 aromatic rings. The number of anilines is 3. The van der Waals surface area contributed by atoms with Gasteiger partial charge in [0.15, 0.2) is 0 Å². The lowest BCUT2D eigenvalue weighted by Crippen LogP contribution is -2.12. The van der Waals surface area contributed by atoms with Gasteiger partial charge in [-0.05, 0) is 42.8 Å². The van der Waals surface area contributed by atoms with E-state index in [-0.39, 0.29) is 11.4 Å². The zero-order valence-electron chi connectivity index (χ0n) is 18.2. The third kappa shape index (κ3) is 5.10. The highest BCUT2D eigenvalue weighted by atomic mass is 16.5. The van der Waals surface area contributed by atoms with Crippen molar-refractivity contribution in [3.8, 4) is 11.5 Å². The molecule has 0 fully saturated rings. The van der Waals surface area contributed by atoms with Gasteiger partial charge in [0.25, 0.3) is 0 Å².